The third kappa shape index (κ3) is 4.32. The van der Waals surface area contributed by atoms with Gasteiger partial charge in [-0.05, 0) is 28.8 Å². The SMILES string of the molecule is O=C(O)C(CCOC(c1ccccc1)(c1ccccc1)c1ccccc1)N1C(=O)c2ccccc2C1=O. The number of carbonyl (C=O) groups excluding carboxylic acids is 2. The van der Waals surface area contributed by atoms with Crippen LogP contribution in [0.3, 0.4) is 0 Å². The summed E-state index contributed by atoms with van der Waals surface area (Å²) in [5, 5.41) is 10.0. The van der Waals surface area contributed by atoms with Gasteiger partial charge in [-0.3, -0.25) is 14.5 Å². The highest BCUT2D eigenvalue weighted by atomic mass is 16.5. The van der Waals surface area contributed by atoms with Gasteiger partial charge in [-0.1, -0.05) is 103 Å². The van der Waals surface area contributed by atoms with Crippen molar-refractivity contribution < 1.29 is 24.2 Å². The van der Waals surface area contributed by atoms with Crippen LogP contribution in [0.2, 0.25) is 0 Å². The molecule has 5 rings (SSSR count). The van der Waals surface area contributed by atoms with Crippen molar-refractivity contribution in [2.24, 2.45) is 0 Å². The van der Waals surface area contributed by atoms with Gasteiger partial charge in [0.25, 0.3) is 11.8 Å². The molecular weight excluding hydrogens is 466 g/mol. The predicted octanol–water partition coefficient (Wildman–Crippen LogP) is 5.13. The molecule has 0 fully saturated rings. The summed E-state index contributed by atoms with van der Waals surface area (Å²) >= 11 is 0. The Labute approximate surface area is 214 Å². The molecule has 6 heteroatoms. The summed E-state index contributed by atoms with van der Waals surface area (Å²) < 4.78 is 6.66. The lowest BCUT2D eigenvalue weighted by molar-refractivity contribution is -0.142. The third-order valence-corrected chi connectivity index (χ3v) is 6.67. The maximum absolute atomic E-state index is 13.0. The van der Waals surface area contributed by atoms with Crippen LogP contribution in [0.5, 0.6) is 0 Å². The Balaban J connectivity index is 1.50. The maximum Gasteiger partial charge on any atom is 0.327 e. The molecule has 1 atom stereocenters. The molecule has 1 aliphatic rings. The molecule has 0 saturated carbocycles. The van der Waals surface area contributed by atoms with E-state index >= 15 is 0 Å². The zero-order valence-corrected chi connectivity index (χ0v) is 20.0. The fourth-order valence-electron chi connectivity index (χ4n) is 4.95. The number of amides is 2. The Morgan fingerprint density at radius 1 is 0.676 bits per heavy atom. The fourth-order valence-corrected chi connectivity index (χ4v) is 4.95. The summed E-state index contributed by atoms with van der Waals surface area (Å²) in [6.45, 7) is -0.0247. The van der Waals surface area contributed by atoms with Crippen LogP contribution in [-0.2, 0) is 15.1 Å². The molecule has 1 heterocycles. The summed E-state index contributed by atoms with van der Waals surface area (Å²) in [6, 6.07) is 34.2. The van der Waals surface area contributed by atoms with E-state index in [-0.39, 0.29) is 24.2 Å². The number of hydrogen-bond donors (Lipinski definition) is 1. The molecule has 0 aliphatic carbocycles. The summed E-state index contributed by atoms with van der Waals surface area (Å²) in [5.41, 5.74) is 2.02. The normalized spacial score (nSPS) is 13.9. The number of carbonyl (C=O) groups is 3. The fraction of sp³-hybridized carbons (Fsp3) is 0.129. The number of carboxylic acid groups (broad SMARTS) is 1. The summed E-state index contributed by atoms with van der Waals surface area (Å²) in [6.07, 6.45) is -0.0744. The van der Waals surface area contributed by atoms with E-state index in [4.69, 9.17) is 4.74 Å². The van der Waals surface area contributed by atoms with E-state index in [9.17, 15) is 19.5 Å². The highest BCUT2D eigenvalue weighted by Gasteiger charge is 2.43. The van der Waals surface area contributed by atoms with E-state index < -0.39 is 29.4 Å². The molecule has 4 aromatic rings. The Bertz CT molecular complexity index is 1290. The first-order valence-corrected chi connectivity index (χ1v) is 12.0. The lowest BCUT2D eigenvalue weighted by atomic mass is 9.80. The number of nitrogens with zero attached hydrogens (tertiary/aromatic N) is 1. The Kier molecular flexibility index (Phi) is 6.66. The van der Waals surface area contributed by atoms with Crippen molar-refractivity contribution in [3.63, 3.8) is 0 Å². The Morgan fingerprint density at radius 3 is 1.43 bits per heavy atom. The smallest absolute Gasteiger partial charge is 0.327 e. The van der Waals surface area contributed by atoms with Crippen molar-refractivity contribution in [2.75, 3.05) is 6.61 Å². The average Bonchev–Trinajstić information content (AvgIpc) is 3.20. The largest absolute Gasteiger partial charge is 0.480 e. The number of fused-ring (bicyclic) bond motifs is 1. The standard InChI is InChI=1S/C31H25NO5/c33-28-25-18-10-11-19-26(25)29(34)32(28)27(30(35)36)20-21-37-31(22-12-4-1-5-13-22,23-14-6-2-7-15-23)24-16-8-3-9-17-24/h1-19,27H,20-21H2,(H,35,36). The minimum atomic E-state index is -1.37. The van der Waals surface area contributed by atoms with Crippen LogP contribution in [0.25, 0.3) is 0 Å². The van der Waals surface area contributed by atoms with Gasteiger partial charge in [0, 0.05) is 6.42 Å². The number of carboxylic acids is 1. The highest BCUT2D eigenvalue weighted by Crippen LogP contribution is 2.40. The number of hydrogen-bond acceptors (Lipinski definition) is 4. The summed E-state index contributed by atoms with van der Waals surface area (Å²) in [7, 11) is 0. The maximum atomic E-state index is 13.0. The average molecular weight is 492 g/mol. The van der Waals surface area contributed by atoms with Gasteiger partial charge in [0.05, 0.1) is 17.7 Å². The van der Waals surface area contributed by atoms with Gasteiger partial charge in [0.1, 0.15) is 11.6 Å². The topological polar surface area (TPSA) is 83.9 Å². The first-order valence-electron chi connectivity index (χ1n) is 12.0. The second kappa shape index (κ2) is 10.2. The minimum Gasteiger partial charge on any atom is -0.480 e. The monoisotopic (exact) mass is 491 g/mol. The number of aliphatic carboxylic acids is 1. The summed E-state index contributed by atoms with van der Waals surface area (Å²) in [5.74, 6) is -2.47. The van der Waals surface area contributed by atoms with Gasteiger partial charge < -0.3 is 9.84 Å². The van der Waals surface area contributed by atoms with E-state index in [2.05, 4.69) is 0 Å². The molecule has 4 aromatic carbocycles. The molecule has 6 nitrogen and oxygen atoms in total. The first-order chi connectivity index (χ1) is 18.0. The quantitative estimate of drug-likeness (QED) is 0.259. The molecule has 184 valence electrons. The van der Waals surface area contributed by atoms with E-state index in [1.54, 1.807) is 12.1 Å². The van der Waals surface area contributed by atoms with Gasteiger partial charge >= 0.3 is 5.97 Å². The number of rotatable bonds is 9. The molecule has 2 amide bonds. The Hall–Kier alpha value is -4.55. The zero-order chi connectivity index (χ0) is 25.8. The molecular formula is C31H25NO5. The lowest BCUT2D eigenvalue weighted by Crippen LogP contribution is -2.46. The molecule has 37 heavy (non-hydrogen) atoms. The third-order valence-electron chi connectivity index (χ3n) is 6.67. The van der Waals surface area contributed by atoms with E-state index in [0.29, 0.717) is 0 Å². The molecule has 0 aromatic heterocycles. The minimum absolute atomic E-state index is 0.0247. The van der Waals surface area contributed by atoms with Gasteiger partial charge in [-0.25, -0.2) is 4.79 Å². The van der Waals surface area contributed by atoms with Crippen LogP contribution in [0, 0.1) is 0 Å². The number of imide groups is 1. The van der Waals surface area contributed by atoms with Crippen LogP contribution in [-0.4, -0.2) is 40.4 Å². The molecule has 1 aliphatic heterocycles. The van der Waals surface area contributed by atoms with Crippen LogP contribution >= 0.6 is 0 Å². The zero-order valence-electron chi connectivity index (χ0n) is 20.0. The van der Waals surface area contributed by atoms with E-state index in [1.165, 1.54) is 12.1 Å². The number of ether oxygens (including phenoxy) is 1. The van der Waals surface area contributed by atoms with Crippen molar-refractivity contribution in [1.82, 2.24) is 4.90 Å². The predicted molar refractivity (Wildman–Crippen MR) is 138 cm³/mol. The van der Waals surface area contributed by atoms with Crippen LogP contribution < -0.4 is 0 Å². The number of benzene rings is 4. The molecule has 0 radical (unpaired) electrons. The van der Waals surface area contributed by atoms with Crippen molar-refractivity contribution >= 4 is 17.8 Å². The van der Waals surface area contributed by atoms with Gasteiger partial charge in [-0.15, -0.1) is 0 Å². The van der Waals surface area contributed by atoms with Crippen molar-refractivity contribution in [3.05, 3.63) is 143 Å². The van der Waals surface area contributed by atoms with Gasteiger partial charge in [0.15, 0.2) is 0 Å². The highest BCUT2D eigenvalue weighted by molar-refractivity contribution is 6.22. The van der Waals surface area contributed by atoms with Crippen molar-refractivity contribution in [3.8, 4) is 0 Å². The van der Waals surface area contributed by atoms with Crippen LogP contribution in [0.1, 0.15) is 43.8 Å². The van der Waals surface area contributed by atoms with Crippen molar-refractivity contribution in [2.45, 2.75) is 18.1 Å². The van der Waals surface area contributed by atoms with Gasteiger partial charge in [0.2, 0.25) is 0 Å². The Morgan fingerprint density at radius 2 is 1.05 bits per heavy atom. The van der Waals surface area contributed by atoms with Gasteiger partial charge in [-0.2, -0.15) is 0 Å². The van der Waals surface area contributed by atoms with Crippen LogP contribution in [0.15, 0.2) is 115 Å². The van der Waals surface area contributed by atoms with E-state index in [0.717, 1.165) is 21.6 Å². The molecule has 0 bridgehead atoms. The summed E-state index contributed by atoms with van der Waals surface area (Å²) in [4.78, 5) is 39.1. The molecule has 1 N–H and O–H groups in total. The van der Waals surface area contributed by atoms with Crippen molar-refractivity contribution in [1.29, 1.82) is 0 Å². The molecule has 0 saturated heterocycles. The molecule has 1 unspecified atom stereocenters. The lowest BCUT2D eigenvalue weighted by Gasteiger charge is -2.36. The first kappa shape index (κ1) is 24.2. The second-order valence-electron chi connectivity index (χ2n) is 8.80. The van der Waals surface area contributed by atoms with Crippen LogP contribution in [0.4, 0.5) is 0 Å². The van der Waals surface area contributed by atoms with E-state index in [1.807, 2.05) is 91.0 Å². The second-order valence-corrected chi connectivity index (χ2v) is 8.80. The molecule has 0 spiro atoms.